The predicted molar refractivity (Wildman–Crippen MR) is 95.6 cm³/mol. The van der Waals surface area contributed by atoms with Crippen molar-refractivity contribution in [2.75, 3.05) is 30.3 Å². The molecule has 2 amide bonds. The van der Waals surface area contributed by atoms with Gasteiger partial charge in [-0.2, -0.15) is 13.2 Å². The highest BCUT2D eigenvalue weighted by Gasteiger charge is 2.31. The lowest BCUT2D eigenvalue weighted by Crippen LogP contribution is -2.29. The molecule has 0 fully saturated rings. The summed E-state index contributed by atoms with van der Waals surface area (Å²) < 4.78 is 43.0. The number of rotatable bonds is 5. The molecule has 1 aliphatic rings. The number of carbonyl (C=O) groups excluding carboxylic acids is 2. The Bertz CT molecular complexity index is 921. The monoisotopic (exact) mass is 414 g/mol. The third-order valence-electron chi connectivity index (χ3n) is 3.75. The number of aromatic nitrogens is 1. The van der Waals surface area contributed by atoms with Gasteiger partial charge in [0.25, 0.3) is 11.8 Å². The minimum absolute atomic E-state index is 0.0850. The molecule has 0 saturated heterocycles. The fourth-order valence-electron chi connectivity index (χ4n) is 2.40. The Morgan fingerprint density at radius 3 is 2.79 bits per heavy atom. The molecule has 7 nitrogen and oxygen atoms in total. The molecular formula is C17H14ClF3N4O3. The lowest BCUT2D eigenvalue weighted by Gasteiger charge is -2.18. The van der Waals surface area contributed by atoms with E-state index in [0.29, 0.717) is 23.2 Å². The molecule has 1 aliphatic heterocycles. The fourth-order valence-corrected chi connectivity index (χ4v) is 2.63. The van der Waals surface area contributed by atoms with Crippen molar-refractivity contribution in [3.63, 3.8) is 0 Å². The van der Waals surface area contributed by atoms with Gasteiger partial charge >= 0.3 is 6.18 Å². The third-order valence-corrected chi connectivity index (χ3v) is 4.04. The summed E-state index contributed by atoms with van der Waals surface area (Å²) in [6, 6.07) is 5.38. The first-order chi connectivity index (χ1) is 13.2. The van der Waals surface area contributed by atoms with Crippen molar-refractivity contribution >= 4 is 34.9 Å². The van der Waals surface area contributed by atoms with Crippen LogP contribution in [0.15, 0.2) is 30.5 Å². The molecule has 0 aliphatic carbocycles. The Kier molecular flexibility index (Phi) is 5.59. The Labute approximate surface area is 162 Å². The van der Waals surface area contributed by atoms with Crippen molar-refractivity contribution in [2.24, 2.45) is 0 Å². The van der Waals surface area contributed by atoms with Gasteiger partial charge in [0, 0.05) is 24.8 Å². The van der Waals surface area contributed by atoms with Crippen molar-refractivity contribution in [2.45, 2.75) is 6.18 Å². The second-order valence-electron chi connectivity index (χ2n) is 5.78. The van der Waals surface area contributed by atoms with Gasteiger partial charge < -0.3 is 20.7 Å². The molecule has 11 heteroatoms. The summed E-state index contributed by atoms with van der Waals surface area (Å²) in [6.07, 6.45) is -3.84. The molecule has 0 atom stereocenters. The highest BCUT2D eigenvalue weighted by atomic mass is 35.5. The number of hydrogen-bond donors (Lipinski definition) is 3. The first kappa shape index (κ1) is 19.7. The highest BCUT2D eigenvalue weighted by molar-refractivity contribution is 6.32. The van der Waals surface area contributed by atoms with Gasteiger partial charge in [0.05, 0.1) is 16.3 Å². The Morgan fingerprint density at radius 1 is 1.29 bits per heavy atom. The van der Waals surface area contributed by atoms with E-state index in [4.69, 9.17) is 16.3 Å². The van der Waals surface area contributed by atoms with Crippen LogP contribution in [-0.2, 0) is 11.0 Å². The van der Waals surface area contributed by atoms with Gasteiger partial charge in [0.2, 0.25) is 0 Å². The summed E-state index contributed by atoms with van der Waals surface area (Å²) in [5.41, 5.74) is -0.125. The molecule has 2 aromatic rings. The molecule has 3 N–H and O–H groups in total. The standard InChI is InChI=1S/C17H14ClF3N4O3/c18-11-6-10(17(19,20)21)7-24-15(11)22-3-4-23-16(27)9-1-2-12-13(5-9)28-8-14(26)25-12/h1-2,5-7H,3-4,8H2,(H,22,24)(H,23,27)(H,25,26). The van der Waals surface area contributed by atoms with Crippen LogP contribution in [0.5, 0.6) is 5.75 Å². The number of halogens is 4. The van der Waals surface area contributed by atoms with E-state index in [1.54, 1.807) is 6.07 Å². The van der Waals surface area contributed by atoms with Crippen LogP contribution in [0.2, 0.25) is 5.02 Å². The van der Waals surface area contributed by atoms with Gasteiger partial charge in [-0.3, -0.25) is 9.59 Å². The van der Waals surface area contributed by atoms with Gasteiger partial charge in [-0.25, -0.2) is 4.98 Å². The SMILES string of the molecule is O=C1COc2cc(C(=O)NCCNc3ncc(C(F)(F)F)cc3Cl)ccc2N1. The maximum Gasteiger partial charge on any atom is 0.417 e. The van der Waals surface area contributed by atoms with E-state index in [2.05, 4.69) is 20.9 Å². The number of fused-ring (bicyclic) bond motifs is 1. The number of alkyl halides is 3. The molecule has 0 bridgehead atoms. The molecule has 1 aromatic carbocycles. The Morgan fingerprint density at radius 2 is 2.07 bits per heavy atom. The van der Waals surface area contributed by atoms with Gasteiger partial charge in [0.15, 0.2) is 6.61 Å². The second-order valence-corrected chi connectivity index (χ2v) is 6.19. The normalized spacial score (nSPS) is 13.2. The van der Waals surface area contributed by atoms with E-state index in [1.165, 1.54) is 12.1 Å². The molecule has 0 saturated carbocycles. The molecule has 3 rings (SSSR count). The van der Waals surface area contributed by atoms with Crippen molar-refractivity contribution in [3.8, 4) is 5.75 Å². The van der Waals surface area contributed by atoms with Crippen LogP contribution >= 0.6 is 11.6 Å². The number of ether oxygens (including phenoxy) is 1. The van der Waals surface area contributed by atoms with Crippen molar-refractivity contribution in [3.05, 3.63) is 46.6 Å². The van der Waals surface area contributed by atoms with Gasteiger partial charge in [-0.1, -0.05) is 11.6 Å². The zero-order valence-corrected chi connectivity index (χ0v) is 14.9. The second kappa shape index (κ2) is 7.93. The number of nitrogens with zero attached hydrogens (tertiary/aromatic N) is 1. The minimum atomic E-state index is -4.52. The molecule has 1 aromatic heterocycles. The summed E-state index contributed by atoms with van der Waals surface area (Å²) in [5, 5.41) is 7.85. The molecule has 0 radical (unpaired) electrons. The Balaban J connectivity index is 1.52. The number of carbonyl (C=O) groups is 2. The summed E-state index contributed by atoms with van der Waals surface area (Å²) in [4.78, 5) is 27.1. The number of benzene rings is 1. The van der Waals surface area contributed by atoms with E-state index in [0.717, 1.165) is 6.07 Å². The Hall–Kier alpha value is -3.01. The van der Waals surface area contributed by atoms with E-state index < -0.39 is 11.7 Å². The van der Waals surface area contributed by atoms with Crippen LogP contribution in [-0.4, -0.2) is 36.5 Å². The van der Waals surface area contributed by atoms with Crippen LogP contribution in [0.3, 0.4) is 0 Å². The molecule has 2 heterocycles. The number of anilines is 2. The third kappa shape index (κ3) is 4.63. The van der Waals surface area contributed by atoms with Crippen LogP contribution in [0.1, 0.15) is 15.9 Å². The zero-order valence-electron chi connectivity index (χ0n) is 14.2. The summed E-state index contributed by atoms with van der Waals surface area (Å²) >= 11 is 5.79. The smallest absolute Gasteiger partial charge is 0.417 e. The summed E-state index contributed by atoms with van der Waals surface area (Å²) in [5.74, 6) is -0.171. The average molecular weight is 415 g/mol. The first-order valence-corrected chi connectivity index (χ1v) is 8.43. The van der Waals surface area contributed by atoms with Crippen molar-refractivity contribution in [1.29, 1.82) is 0 Å². The van der Waals surface area contributed by atoms with E-state index in [-0.39, 0.29) is 42.4 Å². The average Bonchev–Trinajstić information content (AvgIpc) is 2.64. The molecule has 28 heavy (non-hydrogen) atoms. The minimum Gasteiger partial charge on any atom is -0.482 e. The zero-order chi connectivity index (χ0) is 20.3. The van der Waals surface area contributed by atoms with E-state index in [1.807, 2.05) is 0 Å². The van der Waals surface area contributed by atoms with Crippen LogP contribution < -0.4 is 20.7 Å². The largest absolute Gasteiger partial charge is 0.482 e. The number of nitrogens with one attached hydrogen (secondary N) is 3. The number of hydrogen-bond acceptors (Lipinski definition) is 5. The van der Waals surface area contributed by atoms with Crippen molar-refractivity contribution < 1.29 is 27.5 Å². The number of amides is 2. The molecule has 148 valence electrons. The molecular weight excluding hydrogens is 401 g/mol. The lowest BCUT2D eigenvalue weighted by atomic mass is 10.1. The van der Waals surface area contributed by atoms with E-state index >= 15 is 0 Å². The summed E-state index contributed by atoms with van der Waals surface area (Å²) in [6.45, 7) is 0.247. The summed E-state index contributed by atoms with van der Waals surface area (Å²) in [7, 11) is 0. The quantitative estimate of drug-likeness (QED) is 0.654. The fraction of sp³-hybridized carbons (Fsp3) is 0.235. The van der Waals surface area contributed by atoms with Crippen LogP contribution in [0.4, 0.5) is 24.7 Å². The van der Waals surface area contributed by atoms with Gasteiger partial charge in [0.1, 0.15) is 11.6 Å². The highest BCUT2D eigenvalue weighted by Crippen LogP contribution is 2.32. The molecule has 0 unspecified atom stereocenters. The van der Waals surface area contributed by atoms with Crippen LogP contribution in [0, 0.1) is 0 Å². The first-order valence-electron chi connectivity index (χ1n) is 8.05. The van der Waals surface area contributed by atoms with Gasteiger partial charge in [-0.05, 0) is 24.3 Å². The predicted octanol–water partition coefficient (Wildman–Crippen LogP) is 2.93. The van der Waals surface area contributed by atoms with E-state index in [9.17, 15) is 22.8 Å². The topological polar surface area (TPSA) is 92.4 Å². The molecule has 0 spiro atoms. The van der Waals surface area contributed by atoms with Crippen LogP contribution in [0.25, 0.3) is 0 Å². The van der Waals surface area contributed by atoms with Crippen molar-refractivity contribution in [1.82, 2.24) is 10.3 Å². The number of pyridine rings is 1. The maximum atomic E-state index is 12.6. The lowest BCUT2D eigenvalue weighted by molar-refractivity contribution is -0.137. The maximum absolute atomic E-state index is 12.6. The van der Waals surface area contributed by atoms with Gasteiger partial charge in [-0.15, -0.1) is 0 Å².